The van der Waals surface area contributed by atoms with Crippen LogP contribution >= 0.6 is 0 Å². The Hall–Kier alpha value is -1.89. The highest BCUT2D eigenvalue weighted by molar-refractivity contribution is 7.89. The Kier molecular flexibility index (Phi) is 2.62. The predicted molar refractivity (Wildman–Crippen MR) is 60.7 cm³/mol. The zero-order valence-corrected chi connectivity index (χ0v) is 9.81. The van der Waals surface area contributed by atoms with E-state index in [1.807, 2.05) is 0 Å². The number of aromatic nitrogens is 2. The van der Waals surface area contributed by atoms with Crippen molar-refractivity contribution in [1.82, 2.24) is 9.38 Å². The molecule has 0 aliphatic carbocycles. The molecule has 2 aromatic rings. The molecule has 0 fully saturated rings. The van der Waals surface area contributed by atoms with Crippen molar-refractivity contribution in [1.29, 1.82) is 0 Å². The average Bonchev–Trinajstić information content (AvgIpc) is 2.55. The molecule has 0 spiro atoms. The molecule has 0 aliphatic rings. The van der Waals surface area contributed by atoms with Gasteiger partial charge in [0, 0.05) is 18.6 Å². The third-order valence-electron chi connectivity index (χ3n) is 2.17. The minimum atomic E-state index is -3.18. The monoisotopic (exact) mass is 254 g/mol. The van der Waals surface area contributed by atoms with Crippen LogP contribution in [-0.4, -0.2) is 35.1 Å². The lowest BCUT2D eigenvalue weighted by Gasteiger charge is -1.96. The molecule has 17 heavy (non-hydrogen) atoms. The van der Waals surface area contributed by atoms with Gasteiger partial charge < -0.3 is 9.51 Å². The van der Waals surface area contributed by atoms with E-state index in [1.54, 1.807) is 12.3 Å². The first kappa shape index (κ1) is 11.6. The molecule has 6 nitrogen and oxygen atoms in total. The highest BCUT2D eigenvalue weighted by atomic mass is 32.2. The van der Waals surface area contributed by atoms with Gasteiger partial charge in [-0.2, -0.15) is 0 Å². The largest absolute Gasteiger partial charge is 0.478 e. The molecular formula is C10H10N2O4S. The van der Waals surface area contributed by atoms with Gasteiger partial charge in [-0.3, -0.25) is 0 Å². The number of carboxylic acids is 1. The third kappa shape index (κ3) is 2.44. The number of imidazole rings is 1. The number of fused-ring (bicyclic) bond motifs is 1. The van der Waals surface area contributed by atoms with Gasteiger partial charge in [-0.05, 0) is 12.1 Å². The molecule has 0 unspecified atom stereocenters. The lowest BCUT2D eigenvalue weighted by Crippen LogP contribution is -2.01. The number of aromatic carboxylic acids is 1. The molecule has 0 atom stereocenters. The van der Waals surface area contributed by atoms with Gasteiger partial charge in [0.25, 0.3) is 0 Å². The molecule has 2 heterocycles. The Morgan fingerprint density at radius 1 is 1.53 bits per heavy atom. The van der Waals surface area contributed by atoms with Crippen molar-refractivity contribution in [3.63, 3.8) is 0 Å². The average molecular weight is 254 g/mol. The van der Waals surface area contributed by atoms with Crippen molar-refractivity contribution in [3.05, 3.63) is 35.8 Å². The fourth-order valence-electron chi connectivity index (χ4n) is 1.57. The number of carboxylic acid groups (broad SMARTS) is 1. The number of hydrogen-bond acceptors (Lipinski definition) is 4. The number of hydrogen-bond donors (Lipinski definition) is 1. The second-order valence-corrected chi connectivity index (χ2v) is 5.90. The smallest absolute Gasteiger partial charge is 0.339 e. The summed E-state index contributed by atoms with van der Waals surface area (Å²) in [6.45, 7) is 0. The van der Waals surface area contributed by atoms with Crippen LogP contribution in [0.2, 0.25) is 0 Å². The molecule has 90 valence electrons. The Morgan fingerprint density at radius 3 is 2.82 bits per heavy atom. The Labute approximate surface area is 97.4 Å². The zero-order valence-electron chi connectivity index (χ0n) is 8.99. The normalized spacial score (nSPS) is 11.8. The summed E-state index contributed by atoms with van der Waals surface area (Å²) in [4.78, 5) is 15.0. The molecule has 0 amide bonds. The summed E-state index contributed by atoms with van der Waals surface area (Å²) in [6, 6.07) is 3.00. The fourth-order valence-corrected chi connectivity index (χ4v) is 2.25. The van der Waals surface area contributed by atoms with Gasteiger partial charge in [-0.1, -0.05) is 0 Å². The molecule has 7 heteroatoms. The van der Waals surface area contributed by atoms with E-state index in [1.165, 1.54) is 16.7 Å². The fraction of sp³-hybridized carbons (Fsp3) is 0.200. The number of carbonyl (C=O) groups is 1. The molecule has 0 saturated carbocycles. The van der Waals surface area contributed by atoms with Crippen molar-refractivity contribution in [2.75, 3.05) is 6.26 Å². The molecule has 2 rings (SSSR count). The first-order valence-electron chi connectivity index (χ1n) is 4.74. The summed E-state index contributed by atoms with van der Waals surface area (Å²) in [5.74, 6) is -1.29. The topological polar surface area (TPSA) is 88.7 Å². The SMILES string of the molecule is CS(=O)(=O)Cc1cn2cccc(C(=O)O)c2n1. The maximum atomic E-state index is 11.1. The predicted octanol–water partition coefficient (Wildman–Crippen LogP) is 0.577. The van der Waals surface area contributed by atoms with E-state index in [9.17, 15) is 13.2 Å². The second-order valence-electron chi connectivity index (χ2n) is 3.76. The first-order chi connectivity index (χ1) is 7.87. The third-order valence-corrected chi connectivity index (χ3v) is 2.99. The van der Waals surface area contributed by atoms with Gasteiger partial charge in [-0.25, -0.2) is 18.2 Å². The molecule has 1 N–H and O–H groups in total. The van der Waals surface area contributed by atoms with Gasteiger partial charge >= 0.3 is 5.97 Å². The molecule has 0 bridgehead atoms. The lowest BCUT2D eigenvalue weighted by molar-refractivity contribution is 0.0698. The Balaban J connectivity index is 2.58. The van der Waals surface area contributed by atoms with Crippen molar-refractivity contribution >= 4 is 21.5 Å². The van der Waals surface area contributed by atoms with Crippen LogP contribution in [0.5, 0.6) is 0 Å². The summed E-state index contributed by atoms with van der Waals surface area (Å²) in [6.07, 6.45) is 4.25. The molecule has 0 radical (unpaired) electrons. The van der Waals surface area contributed by atoms with Crippen LogP contribution in [0.25, 0.3) is 5.65 Å². The highest BCUT2D eigenvalue weighted by Gasteiger charge is 2.13. The van der Waals surface area contributed by atoms with Gasteiger partial charge in [0.2, 0.25) is 0 Å². The molecule has 0 saturated heterocycles. The van der Waals surface area contributed by atoms with E-state index >= 15 is 0 Å². The lowest BCUT2D eigenvalue weighted by atomic mass is 10.3. The van der Waals surface area contributed by atoms with Gasteiger partial charge in [0.05, 0.1) is 11.4 Å². The highest BCUT2D eigenvalue weighted by Crippen LogP contribution is 2.12. The van der Waals surface area contributed by atoms with Crippen LogP contribution in [0.15, 0.2) is 24.5 Å². The van der Waals surface area contributed by atoms with Crippen LogP contribution < -0.4 is 0 Å². The number of nitrogens with zero attached hydrogens (tertiary/aromatic N) is 2. The Bertz CT molecular complexity index is 687. The van der Waals surface area contributed by atoms with E-state index in [0.29, 0.717) is 5.69 Å². The maximum Gasteiger partial charge on any atom is 0.339 e. The summed E-state index contributed by atoms with van der Waals surface area (Å²) < 4.78 is 23.8. The minimum Gasteiger partial charge on any atom is -0.478 e. The van der Waals surface area contributed by atoms with Gasteiger partial charge in [0.15, 0.2) is 15.5 Å². The van der Waals surface area contributed by atoms with Gasteiger partial charge in [0.1, 0.15) is 5.56 Å². The van der Waals surface area contributed by atoms with E-state index < -0.39 is 15.8 Å². The first-order valence-corrected chi connectivity index (χ1v) is 6.80. The second kappa shape index (κ2) is 3.85. The maximum absolute atomic E-state index is 11.1. The minimum absolute atomic E-state index is 0.0484. The number of sulfone groups is 1. The van der Waals surface area contributed by atoms with Crippen LogP contribution in [0, 0.1) is 0 Å². The van der Waals surface area contributed by atoms with E-state index in [2.05, 4.69) is 4.98 Å². The number of rotatable bonds is 3. The van der Waals surface area contributed by atoms with Gasteiger partial charge in [-0.15, -0.1) is 0 Å². The molecule has 2 aromatic heterocycles. The molecule has 0 aliphatic heterocycles. The van der Waals surface area contributed by atoms with Crippen molar-refractivity contribution in [2.24, 2.45) is 0 Å². The van der Waals surface area contributed by atoms with Crippen LogP contribution in [0.1, 0.15) is 16.1 Å². The molecular weight excluding hydrogens is 244 g/mol. The quantitative estimate of drug-likeness (QED) is 0.865. The van der Waals surface area contributed by atoms with E-state index in [0.717, 1.165) is 6.26 Å². The summed E-state index contributed by atoms with van der Waals surface area (Å²) in [5, 5.41) is 8.95. The van der Waals surface area contributed by atoms with E-state index in [4.69, 9.17) is 5.11 Å². The van der Waals surface area contributed by atoms with Crippen LogP contribution in [0.3, 0.4) is 0 Å². The summed E-state index contributed by atoms with van der Waals surface area (Å²) >= 11 is 0. The van der Waals surface area contributed by atoms with Crippen molar-refractivity contribution < 1.29 is 18.3 Å². The summed E-state index contributed by atoms with van der Waals surface area (Å²) in [5.41, 5.74) is 0.632. The van der Waals surface area contributed by atoms with Crippen molar-refractivity contribution in [2.45, 2.75) is 5.75 Å². The molecule has 0 aromatic carbocycles. The number of pyridine rings is 1. The Morgan fingerprint density at radius 2 is 2.24 bits per heavy atom. The van der Waals surface area contributed by atoms with Crippen LogP contribution in [0.4, 0.5) is 0 Å². The summed E-state index contributed by atoms with van der Waals surface area (Å²) in [7, 11) is -3.18. The standard InChI is InChI=1S/C10H10N2O4S/c1-17(15,16)6-7-5-12-4-2-3-8(10(13)14)9(12)11-7/h2-5H,6H2,1H3,(H,13,14). The van der Waals surface area contributed by atoms with Crippen molar-refractivity contribution in [3.8, 4) is 0 Å². The van der Waals surface area contributed by atoms with E-state index in [-0.39, 0.29) is 17.0 Å². The zero-order chi connectivity index (χ0) is 12.6. The van der Waals surface area contributed by atoms with Crippen LogP contribution in [-0.2, 0) is 15.6 Å².